The van der Waals surface area contributed by atoms with Crippen LogP contribution < -0.4 is 5.73 Å². The summed E-state index contributed by atoms with van der Waals surface area (Å²) in [7, 11) is 0. The maximum absolute atomic E-state index is 5.73. The minimum atomic E-state index is 0.305. The first-order valence-electron chi connectivity index (χ1n) is 6.24. The van der Waals surface area contributed by atoms with Crippen LogP contribution in [0, 0.1) is 6.92 Å². The lowest BCUT2D eigenvalue weighted by atomic mass is 10.2. The van der Waals surface area contributed by atoms with E-state index in [-0.39, 0.29) is 0 Å². The predicted molar refractivity (Wildman–Crippen MR) is 66.6 cm³/mol. The van der Waals surface area contributed by atoms with Gasteiger partial charge in [-0.05, 0) is 26.8 Å². The summed E-state index contributed by atoms with van der Waals surface area (Å²) in [5, 5.41) is 0. The minimum Gasteiger partial charge on any atom is -0.465 e. The number of aryl methyl sites for hydroxylation is 1. The molecule has 1 fully saturated rings. The van der Waals surface area contributed by atoms with Gasteiger partial charge in [0.15, 0.2) is 0 Å². The molecule has 1 aliphatic heterocycles. The van der Waals surface area contributed by atoms with Crippen molar-refractivity contribution in [1.29, 1.82) is 0 Å². The number of nitrogens with zero attached hydrogens (tertiary/aromatic N) is 1. The quantitative estimate of drug-likeness (QED) is 0.870. The van der Waals surface area contributed by atoms with Crippen LogP contribution >= 0.6 is 0 Å². The van der Waals surface area contributed by atoms with Crippen molar-refractivity contribution in [2.45, 2.75) is 46.1 Å². The molecule has 4 heteroatoms. The molecule has 2 rings (SSSR count). The van der Waals surface area contributed by atoms with Crippen LogP contribution in [0.2, 0.25) is 0 Å². The molecule has 4 nitrogen and oxygen atoms in total. The lowest BCUT2D eigenvalue weighted by molar-refractivity contribution is -0.0705. The van der Waals surface area contributed by atoms with Crippen molar-refractivity contribution in [2.75, 3.05) is 13.1 Å². The summed E-state index contributed by atoms with van der Waals surface area (Å²) in [5.41, 5.74) is 6.82. The van der Waals surface area contributed by atoms with Gasteiger partial charge in [-0.1, -0.05) is 0 Å². The Morgan fingerprint density at radius 2 is 2.00 bits per heavy atom. The van der Waals surface area contributed by atoms with Gasteiger partial charge < -0.3 is 14.9 Å². The highest BCUT2D eigenvalue weighted by molar-refractivity contribution is 5.20. The van der Waals surface area contributed by atoms with E-state index in [0.717, 1.165) is 31.2 Å². The van der Waals surface area contributed by atoms with E-state index in [4.69, 9.17) is 14.9 Å². The number of morpholine rings is 1. The molecule has 1 aromatic rings. The van der Waals surface area contributed by atoms with E-state index < -0.39 is 0 Å². The maximum atomic E-state index is 5.73. The third kappa shape index (κ3) is 3.09. The van der Waals surface area contributed by atoms with Crippen LogP contribution in [-0.2, 0) is 17.8 Å². The second kappa shape index (κ2) is 5.21. The molecule has 2 N–H and O–H groups in total. The van der Waals surface area contributed by atoms with Gasteiger partial charge in [-0.15, -0.1) is 0 Å². The second-order valence-electron chi connectivity index (χ2n) is 4.95. The fourth-order valence-corrected chi connectivity index (χ4v) is 2.50. The highest BCUT2D eigenvalue weighted by Crippen LogP contribution is 2.19. The smallest absolute Gasteiger partial charge is 0.118 e. The normalized spacial score (nSPS) is 26.4. The molecule has 1 saturated heterocycles. The third-order valence-corrected chi connectivity index (χ3v) is 3.16. The summed E-state index contributed by atoms with van der Waals surface area (Å²) in [6.07, 6.45) is 0.611. The highest BCUT2D eigenvalue weighted by Gasteiger charge is 2.23. The van der Waals surface area contributed by atoms with Crippen LogP contribution in [-0.4, -0.2) is 30.2 Å². The van der Waals surface area contributed by atoms with Gasteiger partial charge in [-0.2, -0.15) is 0 Å². The van der Waals surface area contributed by atoms with Gasteiger partial charge in [-0.3, -0.25) is 4.90 Å². The third-order valence-electron chi connectivity index (χ3n) is 3.16. The molecule has 1 aromatic heterocycles. The van der Waals surface area contributed by atoms with Crippen LogP contribution in [0.1, 0.15) is 30.9 Å². The van der Waals surface area contributed by atoms with Crippen molar-refractivity contribution < 1.29 is 9.15 Å². The standard InChI is InChI=1S/C13H22N2O2/c1-9-6-15(7-10(2)16-9)8-12-4-13(5-14)17-11(12)3/h4,9-10H,5-8,14H2,1-3H3. The lowest BCUT2D eigenvalue weighted by Gasteiger charge is -2.35. The number of ether oxygens (including phenoxy) is 1. The predicted octanol–water partition coefficient (Wildman–Crippen LogP) is 1.66. The van der Waals surface area contributed by atoms with E-state index in [1.54, 1.807) is 0 Å². The van der Waals surface area contributed by atoms with Crippen molar-refractivity contribution >= 4 is 0 Å². The monoisotopic (exact) mass is 238 g/mol. The number of hydrogen-bond donors (Lipinski definition) is 1. The molecule has 0 radical (unpaired) electrons. The van der Waals surface area contributed by atoms with Crippen LogP contribution in [0.25, 0.3) is 0 Å². The Labute approximate surface area is 103 Å². The van der Waals surface area contributed by atoms with Gasteiger partial charge in [0.05, 0.1) is 18.8 Å². The van der Waals surface area contributed by atoms with Crippen LogP contribution in [0.15, 0.2) is 10.5 Å². The van der Waals surface area contributed by atoms with E-state index in [9.17, 15) is 0 Å². The molecule has 2 atom stereocenters. The molecule has 0 amide bonds. The van der Waals surface area contributed by atoms with Crippen molar-refractivity contribution in [2.24, 2.45) is 5.73 Å². The van der Waals surface area contributed by atoms with Gasteiger partial charge >= 0.3 is 0 Å². The summed E-state index contributed by atoms with van der Waals surface area (Å²) in [4.78, 5) is 2.41. The summed E-state index contributed by atoms with van der Waals surface area (Å²) in [5.74, 6) is 1.85. The molecule has 17 heavy (non-hydrogen) atoms. The Morgan fingerprint density at radius 3 is 2.53 bits per heavy atom. The summed E-state index contributed by atoms with van der Waals surface area (Å²) in [6, 6.07) is 2.07. The zero-order valence-corrected chi connectivity index (χ0v) is 10.9. The molecule has 96 valence electrons. The number of furan rings is 1. The van der Waals surface area contributed by atoms with Gasteiger partial charge in [-0.25, -0.2) is 0 Å². The lowest BCUT2D eigenvalue weighted by Crippen LogP contribution is -2.44. The molecule has 0 spiro atoms. The van der Waals surface area contributed by atoms with Crippen molar-refractivity contribution in [3.05, 3.63) is 23.2 Å². The zero-order valence-electron chi connectivity index (χ0n) is 10.9. The highest BCUT2D eigenvalue weighted by atomic mass is 16.5. The maximum Gasteiger partial charge on any atom is 0.118 e. The molecule has 0 saturated carbocycles. The van der Waals surface area contributed by atoms with Gasteiger partial charge in [0.2, 0.25) is 0 Å². The minimum absolute atomic E-state index is 0.305. The first kappa shape index (κ1) is 12.6. The van der Waals surface area contributed by atoms with Gasteiger partial charge in [0, 0.05) is 25.2 Å². The molecule has 0 bridgehead atoms. The first-order chi connectivity index (χ1) is 8.08. The van der Waals surface area contributed by atoms with E-state index >= 15 is 0 Å². The van der Waals surface area contributed by atoms with Crippen molar-refractivity contribution in [3.8, 4) is 0 Å². The Balaban J connectivity index is 2.01. The first-order valence-corrected chi connectivity index (χ1v) is 6.24. The Bertz CT molecular complexity index is 365. The average molecular weight is 238 g/mol. The van der Waals surface area contributed by atoms with E-state index in [0.29, 0.717) is 18.8 Å². The molecule has 2 unspecified atom stereocenters. The van der Waals surface area contributed by atoms with Crippen LogP contribution in [0.4, 0.5) is 0 Å². The zero-order chi connectivity index (χ0) is 12.4. The molecular weight excluding hydrogens is 216 g/mol. The Kier molecular flexibility index (Phi) is 3.86. The molecule has 0 aromatic carbocycles. The fraction of sp³-hybridized carbons (Fsp3) is 0.692. The summed E-state index contributed by atoms with van der Waals surface area (Å²) in [6.45, 7) is 9.60. The van der Waals surface area contributed by atoms with Gasteiger partial charge in [0.25, 0.3) is 0 Å². The Morgan fingerprint density at radius 1 is 1.35 bits per heavy atom. The van der Waals surface area contributed by atoms with E-state index in [1.165, 1.54) is 5.56 Å². The fourth-order valence-electron chi connectivity index (χ4n) is 2.50. The molecule has 0 aliphatic carbocycles. The number of rotatable bonds is 3. The second-order valence-corrected chi connectivity index (χ2v) is 4.95. The summed E-state index contributed by atoms with van der Waals surface area (Å²) < 4.78 is 11.3. The average Bonchev–Trinajstić information content (AvgIpc) is 2.58. The van der Waals surface area contributed by atoms with Gasteiger partial charge in [0.1, 0.15) is 11.5 Å². The Hall–Kier alpha value is -0.840. The topological polar surface area (TPSA) is 51.6 Å². The molecule has 1 aliphatic rings. The molecule has 2 heterocycles. The summed E-state index contributed by atoms with van der Waals surface area (Å²) >= 11 is 0. The van der Waals surface area contributed by atoms with Crippen molar-refractivity contribution in [3.63, 3.8) is 0 Å². The largest absolute Gasteiger partial charge is 0.465 e. The number of nitrogens with two attached hydrogens (primary N) is 1. The SMILES string of the molecule is Cc1oc(CN)cc1CN1CC(C)OC(C)C1. The molecular formula is C13H22N2O2. The van der Waals surface area contributed by atoms with E-state index in [2.05, 4.69) is 24.8 Å². The van der Waals surface area contributed by atoms with Crippen molar-refractivity contribution in [1.82, 2.24) is 4.90 Å². The van der Waals surface area contributed by atoms with E-state index in [1.807, 2.05) is 6.92 Å². The number of hydrogen-bond acceptors (Lipinski definition) is 4. The van der Waals surface area contributed by atoms with Crippen LogP contribution in [0.3, 0.4) is 0 Å². The van der Waals surface area contributed by atoms with Crippen LogP contribution in [0.5, 0.6) is 0 Å².